The molecule has 1 fully saturated rings. The number of nitrogens with two attached hydrogens (primary N) is 1. The molecule has 0 aromatic heterocycles. The number of nitrogens with zero attached hydrogens (tertiary/aromatic N) is 1. The van der Waals surface area contributed by atoms with E-state index in [1.54, 1.807) is 18.7 Å². The third-order valence-electron chi connectivity index (χ3n) is 2.99. The lowest BCUT2D eigenvalue weighted by Gasteiger charge is -2.31. The minimum Gasteiger partial charge on any atom is -0.336 e. The summed E-state index contributed by atoms with van der Waals surface area (Å²) in [5.41, 5.74) is 5.49. The monoisotopic (exact) mass is 298 g/mol. The molecule has 18 heavy (non-hydrogen) atoms. The Labute approximate surface area is 115 Å². The lowest BCUT2D eigenvalue weighted by molar-refractivity contribution is -0.136. The summed E-state index contributed by atoms with van der Waals surface area (Å²) in [6.45, 7) is 3.87. The van der Waals surface area contributed by atoms with Gasteiger partial charge in [0.05, 0.1) is 5.75 Å². The normalized spacial score (nSPS) is 18.7. The summed E-state index contributed by atoms with van der Waals surface area (Å²) in [6, 6.07) is -0.0488. The molecule has 1 aliphatic carbocycles. The van der Waals surface area contributed by atoms with Crippen LogP contribution in [-0.2, 0) is 14.6 Å². The number of amides is 1. The van der Waals surface area contributed by atoms with E-state index in [2.05, 4.69) is 0 Å². The van der Waals surface area contributed by atoms with E-state index >= 15 is 0 Å². The van der Waals surface area contributed by atoms with E-state index in [4.69, 9.17) is 5.73 Å². The Kier molecular flexibility index (Phi) is 6.60. The van der Waals surface area contributed by atoms with Gasteiger partial charge in [-0.15, -0.1) is 12.4 Å². The molecular weight excluding hydrogens is 276 g/mol. The second kappa shape index (κ2) is 6.73. The Hall–Kier alpha value is -0.330. The van der Waals surface area contributed by atoms with Gasteiger partial charge in [-0.25, -0.2) is 8.42 Å². The summed E-state index contributed by atoms with van der Waals surface area (Å²) in [5.74, 6) is -0.240. The molecule has 1 saturated carbocycles. The van der Waals surface area contributed by atoms with Gasteiger partial charge in [-0.05, 0) is 19.8 Å². The van der Waals surface area contributed by atoms with Gasteiger partial charge >= 0.3 is 0 Å². The van der Waals surface area contributed by atoms with Gasteiger partial charge in [0.25, 0.3) is 0 Å². The molecule has 0 heterocycles. The predicted molar refractivity (Wildman–Crippen MR) is 74.5 cm³/mol. The first kappa shape index (κ1) is 17.7. The van der Waals surface area contributed by atoms with E-state index < -0.39 is 9.84 Å². The molecule has 5 nitrogen and oxygen atoms in total. The molecule has 0 bridgehead atoms. The van der Waals surface area contributed by atoms with Crippen molar-refractivity contribution >= 4 is 28.2 Å². The highest BCUT2D eigenvalue weighted by atomic mass is 35.5. The van der Waals surface area contributed by atoms with Crippen molar-refractivity contribution in [3.63, 3.8) is 0 Å². The summed E-state index contributed by atoms with van der Waals surface area (Å²) in [5, 5.41) is 0. The van der Waals surface area contributed by atoms with Crippen LogP contribution in [0.25, 0.3) is 0 Å². The Morgan fingerprint density at radius 3 is 2.22 bits per heavy atom. The highest BCUT2D eigenvalue weighted by Crippen LogP contribution is 2.30. The van der Waals surface area contributed by atoms with Crippen molar-refractivity contribution in [2.24, 2.45) is 11.7 Å². The maximum absolute atomic E-state index is 12.1. The zero-order valence-corrected chi connectivity index (χ0v) is 12.8. The number of halogens is 1. The van der Waals surface area contributed by atoms with Gasteiger partial charge in [0.1, 0.15) is 9.84 Å². The number of hydrogen-bond donors (Lipinski definition) is 1. The third-order valence-corrected chi connectivity index (χ3v) is 4.08. The van der Waals surface area contributed by atoms with Crippen LogP contribution in [0.2, 0.25) is 0 Å². The number of carbonyl (C=O) groups is 1. The van der Waals surface area contributed by atoms with Crippen LogP contribution in [0.3, 0.4) is 0 Å². The Morgan fingerprint density at radius 1 is 1.39 bits per heavy atom. The van der Waals surface area contributed by atoms with E-state index in [-0.39, 0.29) is 42.1 Å². The van der Waals surface area contributed by atoms with Crippen LogP contribution in [0.4, 0.5) is 0 Å². The molecule has 0 saturated heterocycles. The molecule has 2 unspecified atom stereocenters. The average molecular weight is 299 g/mol. The Balaban J connectivity index is 0.00000289. The van der Waals surface area contributed by atoms with E-state index in [1.165, 1.54) is 6.26 Å². The summed E-state index contributed by atoms with van der Waals surface area (Å²) >= 11 is 0. The SMILES string of the molecule is CC(CN)C(=O)N(C(C)CS(C)(=O)=O)C1CC1.Cl. The smallest absolute Gasteiger partial charge is 0.227 e. The highest BCUT2D eigenvalue weighted by Gasteiger charge is 2.37. The lowest BCUT2D eigenvalue weighted by Crippen LogP contribution is -2.47. The van der Waals surface area contributed by atoms with Gasteiger partial charge in [-0.1, -0.05) is 6.92 Å². The first-order valence-electron chi connectivity index (χ1n) is 5.96. The van der Waals surface area contributed by atoms with Crippen molar-refractivity contribution in [3.8, 4) is 0 Å². The molecule has 0 aliphatic heterocycles. The highest BCUT2D eigenvalue weighted by molar-refractivity contribution is 7.90. The van der Waals surface area contributed by atoms with E-state index in [0.717, 1.165) is 12.8 Å². The fourth-order valence-electron chi connectivity index (χ4n) is 1.98. The molecule has 1 rings (SSSR count). The first-order chi connectivity index (χ1) is 7.76. The predicted octanol–water partition coefficient (Wildman–Crippen LogP) is 0.427. The number of sulfone groups is 1. The van der Waals surface area contributed by atoms with Crippen molar-refractivity contribution in [1.29, 1.82) is 0 Å². The molecule has 7 heteroatoms. The van der Waals surface area contributed by atoms with Gasteiger partial charge < -0.3 is 10.6 Å². The molecule has 2 N–H and O–H groups in total. The molecule has 0 radical (unpaired) electrons. The number of carbonyl (C=O) groups excluding carboxylic acids is 1. The van der Waals surface area contributed by atoms with Gasteiger partial charge in [0.2, 0.25) is 5.91 Å². The quantitative estimate of drug-likeness (QED) is 0.771. The van der Waals surface area contributed by atoms with Crippen molar-refractivity contribution in [2.75, 3.05) is 18.6 Å². The summed E-state index contributed by atoms with van der Waals surface area (Å²) in [4.78, 5) is 13.9. The largest absolute Gasteiger partial charge is 0.336 e. The van der Waals surface area contributed by atoms with Gasteiger partial charge in [0.15, 0.2) is 0 Å². The van der Waals surface area contributed by atoms with Crippen LogP contribution in [0.15, 0.2) is 0 Å². The van der Waals surface area contributed by atoms with Crippen LogP contribution in [-0.4, -0.2) is 49.9 Å². The van der Waals surface area contributed by atoms with Crippen LogP contribution < -0.4 is 5.73 Å². The maximum Gasteiger partial charge on any atom is 0.227 e. The molecule has 1 aliphatic rings. The van der Waals surface area contributed by atoms with Gasteiger partial charge in [-0.2, -0.15) is 0 Å². The van der Waals surface area contributed by atoms with E-state index in [1.807, 2.05) is 0 Å². The first-order valence-corrected chi connectivity index (χ1v) is 8.02. The standard InChI is InChI=1S/C11H22N2O3S.ClH/c1-8(6-12)11(14)13(10-4-5-10)9(2)7-17(3,15)16;/h8-10H,4-7,12H2,1-3H3;1H. The van der Waals surface area contributed by atoms with Crippen molar-refractivity contribution < 1.29 is 13.2 Å². The zero-order valence-electron chi connectivity index (χ0n) is 11.1. The van der Waals surface area contributed by atoms with Crippen LogP contribution in [0.5, 0.6) is 0 Å². The fraction of sp³-hybridized carbons (Fsp3) is 0.909. The van der Waals surface area contributed by atoms with Gasteiger partial charge in [0, 0.05) is 30.8 Å². The minimum absolute atomic E-state index is 0. The van der Waals surface area contributed by atoms with Crippen molar-refractivity contribution in [1.82, 2.24) is 4.90 Å². The van der Waals surface area contributed by atoms with Crippen LogP contribution in [0, 0.1) is 5.92 Å². The molecule has 108 valence electrons. The maximum atomic E-state index is 12.1. The molecule has 0 aromatic rings. The number of hydrogen-bond acceptors (Lipinski definition) is 4. The number of rotatable bonds is 6. The molecule has 0 aromatic carbocycles. The van der Waals surface area contributed by atoms with Gasteiger partial charge in [-0.3, -0.25) is 4.79 Å². The molecule has 0 spiro atoms. The second-order valence-electron chi connectivity index (χ2n) is 5.05. The Morgan fingerprint density at radius 2 is 1.89 bits per heavy atom. The average Bonchev–Trinajstić information content (AvgIpc) is 2.98. The Bertz CT molecular complexity index is 382. The van der Waals surface area contributed by atoms with Crippen LogP contribution in [0.1, 0.15) is 26.7 Å². The fourth-order valence-corrected chi connectivity index (χ4v) is 3.02. The summed E-state index contributed by atoms with van der Waals surface area (Å²) in [7, 11) is -3.07. The molecule has 1 amide bonds. The lowest BCUT2D eigenvalue weighted by atomic mass is 10.1. The topological polar surface area (TPSA) is 80.5 Å². The van der Waals surface area contributed by atoms with Crippen molar-refractivity contribution in [3.05, 3.63) is 0 Å². The van der Waals surface area contributed by atoms with Crippen LogP contribution >= 0.6 is 12.4 Å². The molecule has 2 atom stereocenters. The van der Waals surface area contributed by atoms with E-state index in [9.17, 15) is 13.2 Å². The zero-order chi connectivity index (χ0) is 13.2. The van der Waals surface area contributed by atoms with E-state index in [0.29, 0.717) is 6.54 Å². The third kappa shape index (κ3) is 5.12. The summed E-state index contributed by atoms with van der Waals surface area (Å²) < 4.78 is 22.6. The minimum atomic E-state index is -3.07. The molecular formula is C11H23ClN2O3S. The summed E-state index contributed by atoms with van der Waals surface area (Å²) in [6.07, 6.45) is 3.14. The van der Waals surface area contributed by atoms with Crippen molar-refractivity contribution in [2.45, 2.75) is 38.8 Å². The second-order valence-corrected chi connectivity index (χ2v) is 7.24.